The lowest BCUT2D eigenvalue weighted by Crippen LogP contribution is -2.30. The molecular weight excluding hydrogens is 346 g/mol. The molecule has 0 aliphatic carbocycles. The predicted octanol–water partition coefficient (Wildman–Crippen LogP) is 4.76. The van der Waals surface area contributed by atoms with Crippen molar-refractivity contribution in [3.63, 3.8) is 0 Å². The maximum Gasteiger partial charge on any atom is 0.260 e. The van der Waals surface area contributed by atoms with E-state index in [2.05, 4.69) is 27.9 Å². The number of rotatable bonds is 2. The van der Waals surface area contributed by atoms with Gasteiger partial charge < -0.3 is 9.47 Å². The largest absolute Gasteiger partial charge is 0.345 e. The summed E-state index contributed by atoms with van der Waals surface area (Å²) in [5.74, 6) is -0.0331. The maximum atomic E-state index is 13.4. The zero-order chi connectivity index (χ0) is 18.9. The number of anilines is 1. The van der Waals surface area contributed by atoms with Crippen LogP contribution in [0.15, 0.2) is 91.3 Å². The van der Waals surface area contributed by atoms with Gasteiger partial charge in [0.25, 0.3) is 5.91 Å². The number of carbonyl (C=O) groups is 1. The normalized spacial score (nSPS) is 12.8. The van der Waals surface area contributed by atoms with Crippen LogP contribution in [0.25, 0.3) is 11.3 Å². The molecule has 2 aromatic carbocycles. The molecule has 0 saturated carbocycles. The summed E-state index contributed by atoms with van der Waals surface area (Å²) in [4.78, 5) is 19.8. The van der Waals surface area contributed by atoms with Crippen LogP contribution in [0, 0.1) is 0 Å². The van der Waals surface area contributed by atoms with E-state index in [1.807, 2.05) is 71.6 Å². The SMILES string of the molecule is O=C(c1ccc(-c2ccccc2)nc1)N1Cc2cccn2Cc2ccccc21. The second kappa shape index (κ2) is 6.82. The zero-order valence-electron chi connectivity index (χ0n) is 15.3. The number of hydrogen-bond donors (Lipinski definition) is 0. The molecule has 4 aromatic rings. The zero-order valence-corrected chi connectivity index (χ0v) is 15.3. The average molecular weight is 365 g/mol. The second-order valence-corrected chi connectivity index (χ2v) is 6.95. The number of aromatic nitrogens is 2. The van der Waals surface area contributed by atoms with Crippen LogP contribution in [-0.2, 0) is 13.1 Å². The van der Waals surface area contributed by atoms with Crippen LogP contribution in [-0.4, -0.2) is 15.5 Å². The highest BCUT2D eigenvalue weighted by atomic mass is 16.2. The van der Waals surface area contributed by atoms with Gasteiger partial charge in [-0.3, -0.25) is 9.78 Å². The van der Waals surface area contributed by atoms with E-state index in [-0.39, 0.29) is 5.91 Å². The first-order valence-corrected chi connectivity index (χ1v) is 9.35. The quantitative estimate of drug-likeness (QED) is 0.514. The summed E-state index contributed by atoms with van der Waals surface area (Å²) in [6, 6.07) is 26.0. The van der Waals surface area contributed by atoms with Gasteiger partial charge in [0.1, 0.15) is 0 Å². The Balaban J connectivity index is 1.51. The van der Waals surface area contributed by atoms with Crippen molar-refractivity contribution in [2.24, 2.45) is 0 Å². The summed E-state index contributed by atoms with van der Waals surface area (Å²) >= 11 is 0. The Kier molecular flexibility index (Phi) is 4.02. The minimum atomic E-state index is -0.0331. The second-order valence-electron chi connectivity index (χ2n) is 6.95. The van der Waals surface area contributed by atoms with Gasteiger partial charge in [0.05, 0.1) is 17.8 Å². The third kappa shape index (κ3) is 2.89. The summed E-state index contributed by atoms with van der Waals surface area (Å²) in [5.41, 5.74) is 5.72. The number of nitrogens with zero attached hydrogens (tertiary/aromatic N) is 3. The molecule has 1 aliphatic heterocycles. The average Bonchev–Trinajstić information content (AvgIpc) is 3.13. The Morgan fingerprint density at radius 2 is 1.64 bits per heavy atom. The molecule has 136 valence electrons. The van der Waals surface area contributed by atoms with Gasteiger partial charge in [-0.1, -0.05) is 48.5 Å². The van der Waals surface area contributed by atoms with Crippen molar-refractivity contribution in [1.29, 1.82) is 0 Å². The number of pyridine rings is 1. The number of carbonyl (C=O) groups excluding carboxylic acids is 1. The molecular formula is C24H19N3O. The Bertz CT molecular complexity index is 1130. The summed E-state index contributed by atoms with van der Waals surface area (Å²) in [7, 11) is 0. The molecule has 4 nitrogen and oxygen atoms in total. The van der Waals surface area contributed by atoms with E-state index in [1.54, 1.807) is 6.20 Å². The molecule has 0 fully saturated rings. The smallest absolute Gasteiger partial charge is 0.260 e. The van der Waals surface area contributed by atoms with Crippen molar-refractivity contribution >= 4 is 11.6 Å². The van der Waals surface area contributed by atoms with Crippen molar-refractivity contribution < 1.29 is 4.79 Å². The summed E-state index contributed by atoms with van der Waals surface area (Å²) in [6.45, 7) is 1.32. The summed E-state index contributed by atoms with van der Waals surface area (Å²) in [6.07, 6.45) is 3.74. The first-order valence-electron chi connectivity index (χ1n) is 9.35. The van der Waals surface area contributed by atoms with E-state index in [0.717, 1.165) is 34.7 Å². The number of para-hydroxylation sites is 1. The van der Waals surface area contributed by atoms with Crippen molar-refractivity contribution in [2.75, 3.05) is 4.90 Å². The fourth-order valence-electron chi connectivity index (χ4n) is 3.72. The molecule has 5 rings (SSSR count). The Hall–Kier alpha value is -3.66. The van der Waals surface area contributed by atoms with Crippen molar-refractivity contribution in [1.82, 2.24) is 9.55 Å². The Labute approximate surface area is 163 Å². The third-order valence-corrected chi connectivity index (χ3v) is 5.19. The standard InChI is InChI=1S/C24H19N3O/c28-24(19-12-13-22(25-15-19)18-7-2-1-3-8-18)27-17-21-10-6-14-26(21)16-20-9-4-5-11-23(20)27/h1-15H,16-17H2. The molecule has 28 heavy (non-hydrogen) atoms. The van der Waals surface area contributed by atoms with E-state index in [4.69, 9.17) is 0 Å². The molecule has 0 bridgehead atoms. The monoisotopic (exact) mass is 365 g/mol. The van der Waals surface area contributed by atoms with E-state index >= 15 is 0 Å². The lowest BCUT2D eigenvalue weighted by Gasteiger charge is -2.22. The van der Waals surface area contributed by atoms with E-state index in [0.29, 0.717) is 12.1 Å². The lowest BCUT2D eigenvalue weighted by atomic mass is 10.1. The molecule has 4 heteroatoms. The van der Waals surface area contributed by atoms with Gasteiger partial charge in [0, 0.05) is 35.9 Å². The van der Waals surface area contributed by atoms with E-state index in [9.17, 15) is 4.79 Å². The van der Waals surface area contributed by atoms with Crippen molar-refractivity contribution in [2.45, 2.75) is 13.1 Å². The lowest BCUT2D eigenvalue weighted by molar-refractivity contribution is 0.0984. The summed E-state index contributed by atoms with van der Waals surface area (Å²) in [5, 5.41) is 0. The number of amides is 1. The van der Waals surface area contributed by atoms with Gasteiger partial charge in [-0.25, -0.2) is 0 Å². The number of fused-ring (bicyclic) bond motifs is 2. The van der Waals surface area contributed by atoms with Crippen LogP contribution in [0.2, 0.25) is 0 Å². The van der Waals surface area contributed by atoms with Crippen LogP contribution in [0.1, 0.15) is 21.6 Å². The molecule has 0 spiro atoms. The highest BCUT2D eigenvalue weighted by Crippen LogP contribution is 2.29. The predicted molar refractivity (Wildman–Crippen MR) is 110 cm³/mol. The Morgan fingerprint density at radius 1 is 0.821 bits per heavy atom. The highest BCUT2D eigenvalue weighted by Gasteiger charge is 2.24. The first kappa shape index (κ1) is 16.5. The number of benzene rings is 2. The molecule has 2 aromatic heterocycles. The highest BCUT2D eigenvalue weighted by molar-refractivity contribution is 6.06. The van der Waals surface area contributed by atoms with Gasteiger partial charge in [-0.15, -0.1) is 0 Å². The van der Waals surface area contributed by atoms with Crippen LogP contribution in [0.3, 0.4) is 0 Å². The van der Waals surface area contributed by atoms with Crippen molar-refractivity contribution in [3.8, 4) is 11.3 Å². The molecule has 1 aliphatic rings. The molecule has 0 saturated heterocycles. The molecule has 0 N–H and O–H groups in total. The fraction of sp³-hybridized carbons (Fsp3) is 0.0833. The minimum absolute atomic E-state index is 0.0331. The van der Waals surface area contributed by atoms with Crippen LogP contribution in [0.4, 0.5) is 5.69 Å². The van der Waals surface area contributed by atoms with Gasteiger partial charge in [0.2, 0.25) is 0 Å². The minimum Gasteiger partial charge on any atom is -0.345 e. The van der Waals surface area contributed by atoms with E-state index in [1.165, 1.54) is 0 Å². The fourth-order valence-corrected chi connectivity index (χ4v) is 3.72. The molecule has 3 heterocycles. The van der Waals surface area contributed by atoms with Crippen molar-refractivity contribution in [3.05, 3.63) is 108 Å². The van der Waals surface area contributed by atoms with Crippen LogP contribution < -0.4 is 4.90 Å². The maximum absolute atomic E-state index is 13.4. The molecule has 1 amide bonds. The van der Waals surface area contributed by atoms with E-state index < -0.39 is 0 Å². The third-order valence-electron chi connectivity index (χ3n) is 5.19. The van der Waals surface area contributed by atoms with Gasteiger partial charge in [-0.05, 0) is 35.9 Å². The van der Waals surface area contributed by atoms with Crippen LogP contribution in [0.5, 0.6) is 0 Å². The molecule has 0 atom stereocenters. The van der Waals surface area contributed by atoms with Gasteiger partial charge in [0.15, 0.2) is 0 Å². The number of hydrogen-bond acceptors (Lipinski definition) is 2. The Morgan fingerprint density at radius 3 is 2.46 bits per heavy atom. The molecule has 0 radical (unpaired) electrons. The van der Waals surface area contributed by atoms with Gasteiger partial charge >= 0.3 is 0 Å². The topological polar surface area (TPSA) is 38.1 Å². The van der Waals surface area contributed by atoms with Crippen LogP contribution >= 0.6 is 0 Å². The molecule has 0 unspecified atom stereocenters. The summed E-state index contributed by atoms with van der Waals surface area (Å²) < 4.78 is 2.20. The first-order chi connectivity index (χ1) is 13.8. The van der Waals surface area contributed by atoms with Gasteiger partial charge in [-0.2, -0.15) is 0 Å².